The van der Waals surface area contributed by atoms with E-state index in [4.69, 9.17) is 0 Å². The topological polar surface area (TPSA) is 101 Å². The lowest BCUT2D eigenvalue weighted by molar-refractivity contribution is -0.388. The van der Waals surface area contributed by atoms with Gasteiger partial charge in [0.1, 0.15) is 0 Å². The summed E-state index contributed by atoms with van der Waals surface area (Å²) in [6, 6.07) is 10.8. The van der Waals surface area contributed by atoms with Crippen LogP contribution in [0.2, 0.25) is 0 Å². The fourth-order valence-corrected chi connectivity index (χ4v) is 2.91. The molecule has 2 rings (SSSR count). The zero-order valence-electron chi connectivity index (χ0n) is 14.2. The van der Waals surface area contributed by atoms with Crippen LogP contribution in [0, 0.1) is 10.1 Å². The molecular formula is C17H14F3N3O4S. The number of hydrogen-bond donors (Lipinski definition) is 2. The largest absolute Gasteiger partial charge is 0.416 e. The molecule has 0 aliphatic heterocycles. The standard InChI is InChI=1S/C17H14F3N3O4S/c18-17(19,20)12-6-7-14(13(9-12)23(26)27)28-10-16(25)22-21-15(24)8-11-4-2-1-3-5-11/h1-7,9H,8,10H2,(H,21,24)(H,22,25). The van der Waals surface area contributed by atoms with E-state index in [1.165, 1.54) is 0 Å². The second-order valence-electron chi connectivity index (χ2n) is 5.48. The molecule has 2 N–H and O–H groups in total. The van der Waals surface area contributed by atoms with Crippen molar-refractivity contribution in [3.8, 4) is 0 Å². The maximum absolute atomic E-state index is 12.7. The number of halogens is 3. The Bertz CT molecular complexity index is 876. The molecule has 0 spiro atoms. The maximum Gasteiger partial charge on any atom is 0.416 e. The van der Waals surface area contributed by atoms with Gasteiger partial charge in [0.05, 0.1) is 27.6 Å². The normalized spacial score (nSPS) is 11.0. The number of amides is 2. The van der Waals surface area contributed by atoms with Crippen LogP contribution in [0.1, 0.15) is 11.1 Å². The summed E-state index contributed by atoms with van der Waals surface area (Å²) >= 11 is 0.686. The Hall–Kier alpha value is -3.08. The van der Waals surface area contributed by atoms with E-state index in [0.29, 0.717) is 23.9 Å². The summed E-state index contributed by atoms with van der Waals surface area (Å²) in [4.78, 5) is 33.5. The average molecular weight is 413 g/mol. The van der Waals surface area contributed by atoms with E-state index < -0.39 is 34.2 Å². The number of thioether (sulfide) groups is 1. The molecule has 0 radical (unpaired) electrons. The highest BCUT2D eigenvalue weighted by Gasteiger charge is 2.33. The van der Waals surface area contributed by atoms with Gasteiger partial charge in [0.25, 0.3) is 5.69 Å². The summed E-state index contributed by atoms with van der Waals surface area (Å²) in [7, 11) is 0. The zero-order chi connectivity index (χ0) is 20.7. The molecule has 0 aliphatic rings. The third-order valence-electron chi connectivity index (χ3n) is 3.39. The highest BCUT2D eigenvalue weighted by molar-refractivity contribution is 8.00. The van der Waals surface area contributed by atoms with Crippen LogP contribution in [0.15, 0.2) is 53.4 Å². The minimum atomic E-state index is -4.71. The third-order valence-corrected chi connectivity index (χ3v) is 4.45. The molecule has 28 heavy (non-hydrogen) atoms. The third kappa shape index (κ3) is 6.27. The van der Waals surface area contributed by atoms with Crippen LogP contribution < -0.4 is 10.9 Å². The number of nitro benzene ring substituents is 1. The summed E-state index contributed by atoms with van der Waals surface area (Å²) in [5.74, 6) is -1.47. The Morgan fingerprint density at radius 3 is 2.29 bits per heavy atom. The van der Waals surface area contributed by atoms with Crippen molar-refractivity contribution >= 4 is 29.3 Å². The average Bonchev–Trinajstić information content (AvgIpc) is 2.64. The van der Waals surface area contributed by atoms with Gasteiger partial charge >= 0.3 is 6.18 Å². The van der Waals surface area contributed by atoms with Crippen LogP contribution in [0.4, 0.5) is 18.9 Å². The second-order valence-corrected chi connectivity index (χ2v) is 6.50. The van der Waals surface area contributed by atoms with Crippen LogP contribution in [-0.4, -0.2) is 22.5 Å². The fraction of sp³-hybridized carbons (Fsp3) is 0.176. The lowest BCUT2D eigenvalue weighted by Crippen LogP contribution is -2.43. The number of nitrogens with one attached hydrogen (secondary N) is 2. The molecule has 7 nitrogen and oxygen atoms in total. The first kappa shape index (κ1) is 21.2. The number of benzene rings is 2. The molecule has 0 bridgehead atoms. The van der Waals surface area contributed by atoms with Gasteiger partial charge in [-0.3, -0.25) is 30.6 Å². The Morgan fingerprint density at radius 2 is 1.68 bits per heavy atom. The van der Waals surface area contributed by atoms with Gasteiger partial charge in [0, 0.05) is 6.07 Å². The van der Waals surface area contributed by atoms with E-state index in [1.54, 1.807) is 30.3 Å². The first-order chi connectivity index (χ1) is 13.2. The summed E-state index contributed by atoms with van der Waals surface area (Å²) in [6.07, 6.45) is -4.67. The Labute approximate surface area is 161 Å². The number of carbonyl (C=O) groups is 2. The van der Waals surface area contributed by atoms with E-state index in [1.807, 2.05) is 0 Å². The second kappa shape index (κ2) is 9.22. The number of alkyl halides is 3. The fourth-order valence-electron chi connectivity index (χ4n) is 2.10. The monoisotopic (exact) mass is 413 g/mol. The Balaban J connectivity index is 1.90. The van der Waals surface area contributed by atoms with Crippen molar-refractivity contribution < 1.29 is 27.7 Å². The van der Waals surface area contributed by atoms with E-state index in [-0.39, 0.29) is 17.1 Å². The molecule has 0 heterocycles. The molecule has 0 fully saturated rings. The highest BCUT2D eigenvalue weighted by atomic mass is 32.2. The van der Waals surface area contributed by atoms with Crippen molar-refractivity contribution in [1.82, 2.24) is 10.9 Å². The summed E-state index contributed by atoms with van der Waals surface area (Å²) in [5.41, 5.74) is 3.19. The molecule has 0 atom stereocenters. The van der Waals surface area contributed by atoms with Crippen molar-refractivity contribution in [2.45, 2.75) is 17.5 Å². The maximum atomic E-state index is 12.7. The van der Waals surface area contributed by atoms with Crippen LogP contribution >= 0.6 is 11.8 Å². The minimum absolute atomic E-state index is 0.0403. The number of rotatable bonds is 6. The molecule has 148 valence electrons. The van der Waals surface area contributed by atoms with Gasteiger partial charge in [-0.15, -0.1) is 11.8 Å². The molecule has 0 aliphatic carbocycles. The smallest absolute Gasteiger partial charge is 0.273 e. The molecular weight excluding hydrogens is 399 g/mol. The van der Waals surface area contributed by atoms with Gasteiger partial charge < -0.3 is 0 Å². The van der Waals surface area contributed by atoms with Crippen molar-refractivity contribution in [3.05, 3.63) is 69.8 Å². The number of carbonyl (C=O) groups excluding carboxylic acids is 2. The quantitative estimate of drug-likeness (QED) is 0.431. The molecule has 0 saturated carbocycles. The van der Waals surface area contributed by atoms with Crippen molar-refractivity contribution in [3.63, 3.8) is 0 Å². The van der Waals surface area contributed by atoms with Crippen molar-refractivity contribution in [2.75, 3.05) is 5.75 Å². The molecule has 0 aromatic heterocycles. The van der Waals surface area contributed by atoms with Gasteiger partial charge in [-0.1, -0.05) is 30.3 Å². The van der Waals surface area contributed by atoms with Crippen LogP contribution in [0.3, 0.4) is 0 Å². The van der Waals surface area contributed by atoms with Gasteiger partial charge in [-0.25, -0.2) is 0 Å². The van der Waals surface area contributed by atoms with Gasteiger partial charge in [0.15, 0.2) is 0 Å². The summed E-state index contributed by atoms with van der Waals surface area (Å²) in [5, 5.41) is 11.0. The highest BCUT2D eigenvalue weighted by Crippen LogP contribution is 2.36. The molecule has 0 saturated heterocycles. The van der Waals surface area contributed by atoms with Crippen LogP contribution in [0.25, 0.3) is 0 Å². The predicted octanol–water partition coefficient (Wildman–Crippen LogP) is 3.10. The first-order valence-corrected chi connectivity index (χ1v) is 8.75. The number of nitro groups is 1. The lowest BCUT2D eigenvalue weighted by Gasteiger charge is -2.09. The van der Waals surface area contributed by atoms with E-state index >= 15 is 0 Å². The molecule has 2 aromatic rings. The van der Waals surface area contributed by atoms with Gasteiger partial charge in [-0.2, -0.15) is 13.2 Å². The van der Waals surface area contributed by atoms with E-state index in [0.717, 1.165) is 11.6 Å². The summed E-state index contributed by atoms with van der Waals surface area (Å²) in [6.45, 7) is 0. The van der Waals surface area contributed by atoms with Crippen LogP contribution in [0.5, 0.6) is 0 Å². The van der Waals surface area contributed by atoms with Crippen molar-refractivity contribution in [1.29, 1.82) is 0 Å². The first-order valence-electron chi connectivity index (χ1n) is 7.77. The predicted molar refractivity (Wildman–Crippen MR) is 95.3 cm³/mol. The van der Waals surface area contributed by atoms with Crippen LogP contribution in [-0.2, 0) is 22.2 Å². The lowest BCUT2D eigenvalue weighted by atomic mass is 10.1. The van der Waals surface area contributed by atoms with Gasteiger partial charge in [0.2, 0.25) is 11.8 Å². The molecule has 2 amide bonds. The number of hydrazine groups is 1. The van der Waals surface area contributed by atoms with Crippen molar-refractivity contribution in [2.24, 2.45) is 0 Å². The van der Waals surface area contributed by atoms with E-state index in [2.05, 4.69) is 10.9 Å². The number of hydrogen-bond acceptors (Lipinski definition) is 5. The number of nitrogens with zero attached hydrogens (tertiary/aromatic N) is 1. The minimum Gasteiger partial charge on any atom is -0.273 e. The Kier molecular flexibility index (Phi) is 6.99. The molecule has 0 unspecified atom stereocenters. The van der Waals surface area contributed by atoms with E-state index in [9.17, 15) is 32.9 Å². The Morgan fingerprint density at radius 1 is 1.04 bits per heavy atom. The summed E-state index contributed by atoms with van der Waals surface area (Å²) < 4.78 is 38.0. The zero-order valence-corrected chi connectivity index (χ0v) is 15.0. The SMILES string of the molecule is O=C(CSc1ccc(C(F)(F)F)cc1[N+](=O)[O-])NNC(=O)Cc1ccccc1. The van der Waals surface area contributed by atoms with Gasteiger partial charge in [-0.05, 0) is 17.7 Å². The molecule has 2 aromatic carbocycles. The molecule has 11 heteroatoms.